The van der Waals surface area contributed by atoms with E-state index in [4.69, 9.17) is 9.26 Å². The summed E-state index contributed by atoms with van der Waals surface area (Å²) < 4.78 is 11.8. The molecular weight excluding hydrogens is 356 g/mol. The predicted octanol–water partition coefficient (Wildman–Crippen LogP) is 4.25. The first-order valence-electron chi connectivity index (χ1n) is 6.73. The van der Waals surface area contributed by atoms with Gasteiger partial charge in [0.15, 0.2) is 0 Å². The molecule has 1 N–H and O–H groups in total. The van der Waals surface area contributed by atoms with E-state index in [1.807, 2.05) is 25.1 Å². The van der Waals surface area contributed by atoms with Crippen molar-refractivity contribution in [2.24, 2.45) is 0 Å². The van der Waals surface area contributed by atoms with E-state index in [-0.39, 0.29) is 12.4 Å². The van der Waals surface area contributed by atoms with Crippen molar-refractivity contribution < 1.29 is 9.26 Å². The first kappa shape index (κ1) is 18.0. The average molecular weight is 376 g/mol. The highest BCUT2D eigenvalue weighted by Crippen LogP contribution is 2.23. The molecular formula is C15H20BrClN2O2. The Hall–Kier alpha value is -1.04. The van der Waals surface area contributed by atoms with E-state index >= 15 is 0 Å². The summed E-state index contributed by atoms with van der Waals surface area (Å²) in [5.41, 5.74) is 2.04. The summed E-state index contributed by atoms with van der Waals surface area (Å²) in [5, 5.41) is 7.31. The maximum absolute atomic E-state index is 5.75. The summed E-state index contributed by atoms with van der Waals surface area (Å²) in [6, 6.07) is 8.00. The van der Waals surface area contributed by atoms with Gasteiger partial charge >= 0.3 is 0 Å². The third-order valence-corrected chi connectivity index (χ3v) is 3.28. The second kappa shape index (κ2) is 9.07. The van der Waals surface area contributed by atoms with E-state index in [0.717, 1.165) is 46.8 Å². The lowest BCUT2D eigenvalue weighted by molar-refractivity contribution is 0.313. The zero-order valence-corrected chi connectivity index (χ0v) is 14.6. The predicted molar refractivity (Wildman–Crippen MR) is 89.0 cm³/mol. The van der Waals surface area contributed by atoms with Crippen LogP contribution in [-0.2, 0) is 13.1 Å². The zero-order valence-electron chi connectivity index (χ0n) is 12.2. The van der Waals surface area contributed by atoms with Gasteiger partial charge in [-0.15, -0.1) is 12.4 Å². The van der Waals surface area contributed by atoms with Gasteiger partial charge in [-0.2, -0.15) is 0 Å². The number of hydrogen-bond donors (Lipinski definition) is 1. The first-order valence-corrected chi connectivity index (χ1v) is 7.52. The summed E-state index contributed by atoms with van der Waals surface area (Å²) in [4.78, 5) is 0. The molecule has 0 radical (unpaired) electrons. The number of benzene rings is 1. The Morgan fingerprint density at radius 3 is 2.76 bits per heavy atom. The van der Waals surface area contributed by atoms with Gasteiger partial charge < -0.3 is 14.6 Å². The summed E-state index contributed by atoms with van der Waals surface area (Å²) in [6.07, 6.45) is 1.00. The number of ether oxygens (including phenoxy) is 1. The quantitative estimate of drug-likeness (QED) is 0.786. The minimum atomic E-state index is 0. The number of hydrogen-bond acceptors (Lipinski definition) is 4. The molecule has 0 bridgehead atoms. The van der Waals surface area contributed by atoms with Gasteiger partial charge in [0, 0.05) is 29.2 Å². The van der Waals surface area contributed by atoms with Gasteiger partial charge in [-0.05, 0) is 31.5 Å². The smallest absolute Gasteiger partial charge is 0.133 e. The molecule has 1 aromatic heterocycles. The van der Waals surface area contributed by atoms with E-state index < -0.39 is 0 Å². The molecule has 0 fully saturated rings. The molecule has 1 aromatic carbocycles. The lowest BCUT2D eigenvalue weighted by Gasteiger charge is -2.12. The number of aromatic nitrogens is 1. The van der Waals surface area contributed by atoms with Crippen molar-refractivity contribution in [3.05, 3.63) is 45.8 Å². The van der Waals surface area contributed by atoms with E-state index in [9.17, 15) is 0 Å². The topological polar surface area (TPSA) is 47.3 Å². The fourth-order valence-electron chi connectivity index (χ4n) is 1.87. The second-order valence-electron chi connectivity index (χ2n) is 4.63. The zero-order chi connectivity index (χ0) is 14.4. The molecule has 0 amide bonds. The Morgan fingerprint density at radius 2 is 2.10 bits per heavy atom. The molecule has 1 heterocycles. The van der Waals surface area contributed by atoms with Crippen LogP contribution >= 0.6 is 28.3 Å². The molecule has 0 aliphatic carbocycles. The summed E-state index contributed by atoms with van der Waals surface area (Å²) >= 11 is 3.49. The molecule has 0 aliphatic rings. The molecule has 2 aromatic rings. The Bertz CT molecular complexity index is 560. The van der Waals surface area contributed by atoms with Crippen LogP contribution in [0.25, 0.3) is 0 Å². The van der Waals surface area contributed by atoms with E-state index in [0.29, 0.717) is 6.54 Å². The average Bonchev–Trinajstić information content (AvgIpc) is 2.84. The minimum Gasteiger partial charge on any atom is -0.493 e. The van der Waals surface area contributed by atoms with Gasteiger partial charge in [0.1, 0.15) is 11.5 Å². The van der Waals surface area contributed by atoms with Crippen LogP contribution in [0, 0.1) is 6.92 Å². The van der Waals surface area contributed by atoms with Gasteiger partial charge in [-0.3, -0.25) is 0 Å². The molecule has 0 saturated carbocycles. The van der Waals surface area contributed by atoms with Crippen LogP contribution in [0.4, 0.5) is 0 Å². The van der Waals surface area contributed by atoms with Crippen LogP contribution in [0.15, 0.2) is 33.3 Å². The Balaban J connectivity index is 0.00000220. The van der Waals surface area contributed by atoms with Crippen LogP contribution in [0.1, 0.15) is 30.4 Å². The number of nitrogens with zero attached hydrogens (tertiary/aromatic N) is 1. The molecule has 116 valence electrons. The van der Waals surface area contributed by atoms with Crippen molar-refractivity contribution in [1.82, 2.24) is 10.5 Å². The Morgan fingerprint density at radius 1 is 1.29 bits per heavy atom. The van der Waals surface area contributed by atoms with Crippen LogP contribution in [0.2, 0.25) is 0 Å². The van der Waals surface area contributed by atoms with Crippen molar-refractivity contribution >= 4 is 28.3 Å². The lowest BCUT2D eigenvalue weighted by Crippen LogP contribution is -2.14. The molecule has 21 heavy (non-hydrogen) atoms. The van der Waals surface area contributed by atoms with Crippen LogP contribution in [0.3, 0.4) is 0 Å². The summed E-state index contributed by atoms with van der Waals surface area (Å²) in [7, 11) is 0. The number of halogens is 2. The first-order chi connectivity index (χ1) is 9.69. The maximum atomic E-state index is 5.75. The number of aryl methyl sites for hydroxylation is 1. The standard InChI is InChI=1S/C15H19BrN2O2.ClH/c1-3-6-19-15-5-4-13(16)8-12(15)9-17-10-14-7-11(2)20-18-14;/h4-5,7-8,17H,3,6,9-10H2,1-2H3;1H. The van der Waals surface area contributed by atoms with E-state index in [1.54, 1.807) is 0 Å². The third-order valence-electron chi connectivity index (χ3n) is 2.78. The molecule has 4 nitrogen and oxygen atoms in total. The van der Waals surface area contributed by atoms with Crippen LogP contribution in [0.5, 0.6) is 5.75 Å². The molecule has 0 saturated heterocycles. The monoisotopic (exact) mass is 374 g/mol. The van der Waals surface area contributed by atoms with Crippen LogP contribution in [-0.4, -0.2) is 11.8 Å². The van der Waals surface area contributed by atoms with Gasteiger partial charge in [0.05, 0.1) is 12.3 Å². The minimum absolute atomic E-state index is 0. The molecule has 0 atom stereocenters. The van der Waals surface area contributed by atoms with Crippen molar-refractivity contribution in [1.29, 1.82) is 0 Å². The third kappa shape index (κ3) is 5.69. The van der Waals surface area contributed by atoms with Crippen LogP contribution < -0.4 is 10.1 Å². The van der Waals surface area contributed by atoms with Gasteiger partial charge in [-0.1, -0.05) is 28.0 Å². The Kier molecular flexibility index (Phi) is 7.78. The SMILES string of the molecule is CCCOc1ccc(Br)cc1CNCc1cc(C)on1.Cl. The van der Waals surface area contributed by atoms with E-state index in [1.165, 1.54) is 0 Å². The second-order valence-corrected chi connectivity index (χ2v) is 5.55. The number of rotatable bonds is 7. The van der Waals surface area contributed by atoms with Gasteiger partial charge in [0.2, 0.25) is 0 Å². The van der Waals surface area contributed by atoms with Crippen molar-refractivity contribution in [3.8, 4) is 5.75 Å². The van der Waals surface area contributed by atoms with E-state index in [2.05, 4.69) is 39.4 Å². The highest BCUT2D eigenvalue weighted by molar-refractivity contribution is 9.10. The highest BCUT2D eigenvalue weighted by atomic mass is 79.9. The maximum Gasteiger partial charge on any atom is 0.133 e. The van der Waals surface area contributed by atoms with Crippen molar-refractivity contribution in [2.75, 3.05) is 6.61 Å². The largest absolute Gasteiger partial charge is 0.493 e. The normalized spacial score (nSPS) is 10.2. The van der Waals surface area contributed by atoms with Crippen molar-refractivity contribution in [2.45, 2.75) is 33.4 Å². The van der Waals surface area contributed by atoms with Crippen molar-refractivity contribution in [3.63, 3.8) is 0 Å². The molecule has 0 aliphatic heterocycles. The summed E-state index contributed by atoms with van der Waals surface area (Å²) in [5.74, 6) is 1.76. The van der Waals surface area contributed by atoms with Gasteiger partial charge in [0.25, 0.3) is 0 Å². The fourth-order valence-corrected chi connectivity index (χ4v) is 2.27. The molecule has 2 rings (SSSR count). The molecule has 0 spiro atoms. The summed E-state index contributed by atoms with van der Waals surface area (Å²) in [6.45, 7) is 6.13. The fraction of sp³-hybridized carbons (Fsp3) is 0.400. The highest BCUT2D eigenvalue weighted by Gasteiger charge is 2.05. The molecule has 6 heteroatoms. The molecule has 0 unspecified atom stereocenters. The number of nitrogens with one attached hydrogen (secondary N) is 1. The Labute approximate surface area is 139 Å². The van der Waals surface area contributed by atoms with Gasteiger partial charge in [-0.25, -0.2) is 0 Å². The lowest BCUT2D eigenvalue weighted by atomic mass is 10.2.